The van der Waals surface area contributed by atoms with E-state index in [1.807, 2.05) is 24.3 Å². The Hall–Kier alpha value is -1.75. The van der Waals surface area contributed by atoms with E-state index >= 15 is 0 Å². The molecule has 1 unspecified atom stereocenters. The fourth-order valence-electron chi connectivity index (χ4n) is 1.74. The summed E-state index contributed by atoms with van der Waals surface area (Å²) in [7, 11) is 0.243. The second kappa shape index (κ2) is 6.61. The summed E-state index contributed by atoms with van der Waals surface area (Å²) in [5.41, 5.74) is 1.02. The maximum absolute atomic E-state index is 13.1. The topological polar surface area (TPSA) is 26.3 Å². The Bertz CT molecular complexity index is 612. The number of ether oxygens (including phenoxy) is 1. The van der Waals surface area contributed by atoms with E-state index in [9.17, 15) is 13.0 Å². The van der Waals surface area contributed by atoms with Crippen molar-refractivity contribution < 1.29 is 17.7 Å². The molecule has 1 atom stereocenters. The minimum atomic E-state index is -1.35. The smallest absolute Gasteiger partial charge is 0.160 e. The molecule has 0 fully saturated rings. The first-order valence-electron chi connectivity index (χ1n) is 6.06. The van der Waals surface area contributed by atoms with Gasteiger partial charge in [-0.3, -0.25) is 4.21 Å². The highest BCUT2D eigenvalue weighted by atomic mass is 32.2. The van der Waals surface area contributed by atoms with E-state index in [1.54, 1.807) is 7.11 Å². The van der Waals surface area contributed by atoms with Gasteiger partial charge in [0, 0.05) is 10.6 Å². The van der Waals surface area contributed by atoms with Crippen LogP contribution in [0.1, 0.15) is 5.56 Å². The molecule has 2 aromatic rings. The highest BCUT2D eigenvalue weighted by Crippen LogP contribution is 2.15. The Labute approximate surface area is 118 Å². The van der Waals surface area contributed by atoms with E-state index in [2.05, 4.69) is 0 Å². The van der Waals surface area contributed by atoms with Crippen LogP contribution in [0.15, 0.2) is 47.4 Å². The van der Waals surface area contributed by atoms with Crippen LogP contribution in [0.25, 0.3) is 0 Å². The molecule has 0 N–H and O–H groups in total. The van der Waals surface area contributed by atoms with Gasteiger partial charge in [-0.25, -0.2) is 8.78 Å². The van der Waals surface area contributed by atoms with Gasteiger partial charge in [0.25, 0.3) is 0 Å². The Kier molecular flexibility index (Phi) is 4.84. The van der Waals surface area contributed by atoms with Gasteiger partial charge in [0.05, 0.1) is 17.9 Å². The van der Waals surface area contributed by atoms with Crippen molar-refractivity contribution in [1.82, 2.24) is 0 Å². The molecule has 20 heavy (non-hydrogen) atoms. The third-order valence-electron chi connectivity index (χ3n) is 2.89. The van der Waals surface area contributed by atoms with Crippen molar-refractivity contribution in [2.75, 3.05) is 12.9 Å². The molecule has 0 saturated carbocycles. The summed E-state index contributed by atoms with van der Waals surface area (Å²) in [6, 6.07) is 10.8. The summed E-state index contributed by atoms with van der Waals surface area (Å²) >= 11 is 0. The monoisotopic (exact) mass is 296 g/mol. The van der Waals surface area contributed by atoms with Crippen LogP contribution in [0.3, 0.4) is 0 Å². The van der Waals surface area contributed by atoms with E-state index in [0.717, 1.165) is 23.4 Å². The van der Waals surface area contributed by atoms with E-state index in [0.29, 0.717) is 17.1 Å². The molecule has 0 heterocycles. The number of hydrogen-bond acceptors (Lipinski definition) is 2. The van der Waals surface area contributed by atoms with Gasteiger partial charge in [-0.15, -0.1) is 0 Å². The Morgan fingerprint density at radius 1 is 1.05 bits per heavy atom. The van der Waals surface area contributed by atoms with Gasteiger partial charge < -0.3 is 4.74 Å². The molecule has 2 nitrogen and oxygen atoms in total. The minimum Gasteiger partial charge on any atom is -0.497 e. The van der Waals surface area contributed by atoms with Gasteiger partial charge in [0.2, 0.25) is 0 Å². The zero-order valence-corrected chi connectivity index (χ0v) is 11.8. The molecule has 5 heteroatoms. The van der Waals surface area contributed by atoms with Crippen LogP contribution in [0.4, 0.5) is 8.78 Å². The molecule has 0 amide bonds. The number of rotatable bonds is 5. The zero-order chi connectivity index (χ0) is 14.5. The van der Waals surface area contributed by atoms with Crippen LogP contribution < -0.4 is 4.74 Å². The molecule has 0 saturated heterocycles. The van der Waals surface area contributed by atoms with Crippen LogP contribution in [0, 0.1) is 11.6 Å². The number of methoxy groups -OCH3 is 1. The predicted octanol–water partition coefficient (Wildman–Crippen LogP) is 3.32. The molecule has 0 aromatic heterocycles. The largest absolute Gasteiger partial charge is 0.497 e. The van der Waals surface area contributed by atoms with E-state index in [-0.39, 0.29) is 0 Å². The number of benzene rings is 2. The highest BCUT2D eigenvalue weighted by molar-refractivity contribution is 7.85. The average molecular weight is 296 g/mol. The van der Waals surface area contributed by atoms with Crippen molar-refractivity contribution >= 4 is 10.8 Å². The van der Waals surface area contributed by atoms with Crippen molar-refractivity contribution in [3.8, 4) is 5.75 Å². The molecule has 0 bridgehead atoms. The second-order valence-corrected chi connectivity index (χ2v) is 5.79. The maximum Gasteiger partial charge on any atom is 0.160 e. The lowest BCUT2D eigenvalue weighted by Crippen LogP contribution is -2.02. The van der Waals surface area contributed by atoms with Gasteiger partial charge in [0.1, 0.15) is 5.75 Å². The Balaban J connectivity index is 1.98. The molecule has 2 aromatic carbocycles. The Morgan fingerprint density at radius 3 is 2.35 bits per heavy atom. The number of halogens is 2. The third-order valence-corrected chi connectivity index (χ3v) is 4.24. The van der Waals surface area contributed by atoms with Crippen molar-refractivity contribution in [1.29, 1.82) is 0 Å². The van der Waals surface area contributed by atoms with E-state index in [1.165, 1.54) is 6.07 Å². The first-order chi connectivity index (χ1) is 9.60. The zero-order valence-electron chi connectivity index (χ0n) is 10.9. The van der Waals surface area contributed by atoms with E-state index in [4.69, 9.17) is 4.74 Å². The first-order valence-corrected chi connectivity index (χ1v) is 7.38. The fraction of sp³-hybridized carbons (Fsp3) is 0.200. The van der Waals surface area contributed by atoms with Crippen molar-refractivity contribution in [2.24, 2.45) is 0 Å². The Morgan fingerprint density at radius 2 is 1.75 bits per heavy atom. The molecule has 0 spiro atoms. The highest BCUT2D eigenvalue weighted by Gasteiger charge is 2.08. The molecule has 0 aliphatic heterocycles. The van der Waals surface area contributed by atoms with Crippen molar-refractivity contribution in [3.05, 3.63) is 59.7 Å². The van der Waals surface area contributed by atoms with Crippen LogP contribution in [0.5, 0.6) is 5.75 Å². The van der Waals surface area contributed by atoms with E-state index < -0.39 is 22.4 Å². The van der Waals surface area contributed by atoms with Crippen LogP contribution in [0.2, 0.25) is 0 Å². The maximum atomic E-state index is 13.1. The molecule has 0 radical (unpaired) electrons. The lowest BCUT2D eigenvalue weighted by molar-refractivity contribution is 0.414. The molecule has 106 valence electrons. The first kappa shape index (κ1) is 14.7. The molecular weight excluding hydrogens is 282 g/mol. The van der Waals surface area contributed by atoms with Gasteiger partial charge in [-0.2, -0.15) is 0 Å². The predicted molar refractivity (Wildman–Crippen MR) is 74.3 cm³/mol. The minimum absolute atomic E-state index is 0.303. The van der Waals surface area contributed by atoms with Crippen molar-refractivity contribution in [2.45, 2.75) is 11.3 Å². The van der Waals surface area contributed by atoms with Crippen LogP contribution in [-0.2, 0) is 17.2 Å². The summed E-state index contributed by atoms with van der Waals surface area (Å²) in [5, 5.41) is 0. The van der Waals surface area contributed by atoms with Crippen LogP contribution >= 0.6 is 0 Å². The number of aryl methyl sites for hydroxylation is 1. The molecular formula is C15H14F2O2S. The summed E-state index contributed by atoms with van der Waals surface area (Å²) in [5.74, 6) is -0.783. The average Bonchev–Trinajstić information content (AvgIpc) is 2.48. The summed E-state index contributed by atoms with van der Waals surface area (Å²) in [4.78, 5) is 0.303. The standard InChI is InChI=1S/C15H14F2O2S/c1-19-12-4-2-11(3-5-12)8-9-20(18)13-6-7-14(16)15(17)10-13/h2-7,10H,8-9H2,1H3. The summed E-state index contributed by atoms with van der Waals surface area (Å²) < 4.78 is 42.9. The van der Waals surface area contributed by atoms with Gasteiger partial charge >= 0.3 is 0 Å². The second-order valence-electron chi connectivity index (χ2n) is 4.22. The summed E-state index contributed by atoms with van der Waals surface area (Å²) in [6.45, 7) is 0. The van der Waals surface area contributed by atoms with Crippen LogP contribution in [-0.4, -0.2) is 17.1 Å². The lowest BCUT2D eigenvalue weighted by atomic mass is 10.2. The molecule has 0 aliphatic carbocycles. The fourth-order valence-corrected chi connectivity index (χ4v) is 2.85. The quantitative estimate of drug-likeness (QED) is 0.846. The van der Waals surface area contributed by atoms with Gasteiger partial charge in [-0.1, -0.05) is 12.1 Å². The van der Waals surface area contributed by atoms with Gasteiger partial charge in [-0.05, 0) is 42.3 Å². The SMILES string of the molecule is COc1ccc(CCS(=O)c2ccc(F)c(F)c2)cc1. The molecule has 0 aliphatic rings. The number of hydrogen-bond donors (Lipinski definition) is 0. The van der Waals surface area contributed by atoms with Crippen molar-refractivity contribution in [3.63, 3.8) is 0 Å². The third kappa shape index (κ3) is 3.63. The lowest BCUT2D eigenvalue weighted by Gasteiger charge is -2.05. The van der Waals surface area contributed by atoms with Gasteiger partial charge in [0.15, 0.2) is 11.6 Å². The normalized spacial score (nSPS) is 12.2. The molecule has 2 rings (SSSR count). The summed E-state index contributed by atoms with van der Waals surface area (Å²) in [6.07, 6.45) is 0.593.